The van der Waals surface area contributed by atoms with E-state index in [4.69, 9.17) is 11.6 Å². The molecule has 3 heterocycles. The van der Waals surface area contributed by atoms with Gasteiger partial charge in [-0.2, -0.15) is 5.10 Å². The molecule has 11 heteroatoms. The predicted molar refractivity (Wildman–Crippen MR) is 145 cm³/mol. The molecule has 0 saturated heterocycles. The maximum absolute atomic E-state index is 12.9. The van der Waals surface area contributed by atoms with Crippen LogP contribution in [0.1, 0.15) is 16.2 Å². The van der Waals surface area contributed by atoms with Gasteiger partial charge in [-0.15, -0.1) is 11.3 Å². The fraction of sp³-hybridized carbons (Fsp3) is 0.115. The molecule has 0 spiro atoms. The van der Waals surface area contributed by atoms with Crippen molar-refractivity contribution in [2.75, 3.05) is 12.8 Å². The minimum absolute atomic E-state index is 0.256. The van der Waals surface area contributed by atoms with Crippen molar-refractivity contribution in [2.24, 2.45) is 0 Å². The summed E-state index contributed by atoms with van der Waals surface area (Å²) in [6.45, 7) is 0.414. The third kappa shape index (κ3) is 5.51. The number of benzene rings is 2. The number of hydrogen-bond acceptors (Lipinski definition) is 6. The highest BCUT2D eigenvalue weighted by Crippen LogP contribution is 2.37. The van der Waals surface area contributed by atoms with Gasteiger partial charge in [-0.1, -0.05) is 35.9 Å². The van der Waals surface area contributed by atoms with Crippen molar-refractivity contribution in [2.45, 2.75) is 11.3 Å². The van der Waals surface area contributed by atoms with Crippen LogP contribution < -0.4 is 5.32 Å². The topological polar surface area (TPSA) is 110 Å². The van der Waals surface area contributed by atoms with Crippen LogP contribution in [0.2, 0.25) is 5.02 Å². The normalized spacial score (nSPS) is 11.5. The second-order valence-corrected chi connectivity index (χ2v) is 11.8. The standard InChI is InChI=1S/C26H22ClN5O3S2/c1-37(34,35)19-6-4-5-17(13-19)24-9-10-25(36-24)23-14-21(26(33)29-12-11-18-15-28-16-30-18)31-32(23)22-8-3-2-7-20(22)27/h2-10,13-16H,11-12H2,1H3,(H,28,30)(H,29,33). The molecule has 0 aliphatic heterocycles. The SMILES string of the molecule is CS(=O)(=O)c1cccc(-c2ccc(-c3cc(C(=O)NCCc4c[nH]cn4)nn3-c3ccccc3Cl)s2)c1. The van der Waals surface area contributed by atoms with E-state index in [1.54, 1.807) is 47.5 Å². The Bertz CT molecular complexity index is 1670. The molecule has 188 valence electrons. The molecule has 37 heavy (non-hydrogen) atoms. The third-order valence-electron chi connectivity index (χ3n) is 5.65. The Morgan fingerprint density at radius 1 is 1.08 bits per heavy atom. The van der Waals surface area contributed by atoms with Crippen LogP contribution in [0, 0.1) is 0 Å². The number of nitrogens with one attached hydrogen (secondary N) is 2. The Kier molecular flexibility index (Phi) is 6.96. The predicted octanol–water partition coefficient (Wildman–Crippen LogP) is 5.02. The zero-order chi connectivity index (χ0) is 26.0. The summed E-state index contributed by atoms with van der Waals surface area (Å²) >= 11 is 7.96. The maximum atomic E-state index is 12.9. The Morgan fingerprint density at radius 2 is 1.89 bits per heavy atom. The van der Waals surface area contributed by atoms with E-state index in [0.29, 0.717) is 29.4 Å². The number of imidazole rings is 1. The molecule has 5 aromatic rings. The monoisotopic (exact) mass is 551 g/mol. The Morgan fingerprint density at radius 3 is 2.65 bits per heavy atom. The van der Waals surface area contributed by atoms with Gasteiger partial charge in [0, 0.05) is 30.3 Å². The number of nitrogens with zero attached hydrogens (tertiary/aromatic N) is 3. The molecule has 0 atom stereocenters. The van der Waals surface area contributed by atoms with E-state index in [2.05, 4.69) is 20.4 Å². The van der Waals surface area contributed by atoms with Gasteiger partial charge in [0.15, 0.2) is 15.5 Å². The summed E-state index contributed by atoms with van der Waals surface area (Å²) in [5.74, 6) is -0.305. The molecular formula is C26H22ClN5O3S2. The van der Waals surface area contributed by atoms with Crippen molar-refractivity contribution >= 4 is 38.7 Å². The van der Waals surface area contributed by atoms with Crippen molar-refractivity contribution < 1.29 is 13.2 Å². The van der Waals surface area contributed by atoms with Gasteiger partial charge in [-0.25, -0.2) is 18.1 Å². The second-order valence-electron chi connectivity index (χ2n) is 8.31. The van der Waals surface area contributed by atoms with Gasteiger partial charge in [0.1, 0.15) is 0 Å². The average molecular weight is 552 g/mol. The van der Waals surface area contributed by atoms with Gasteiger partial charge in [-0.05, 0) is 48.0 Å². The van der Waals surface area contributed by atoms with E-state index >= 15 is 0 Å². The lowest BCUT2D eigenvalue weighted by molar-refractivity contribution is 0.0948. The number of sulfone groups is 1. The highest BCUT2D eigenvalue weighted by Gasteiger charge is 2.20. The van der Waals surface area contributed by atoms with Crippen LogP contribution in [-0.4, -0.2) is 46.9 Å². The van der Waals surface area contributed by atoms with E-state index in [1.807, 2.05) is 36.4 Å². The van der Waals surface area contributed by atoms with Crippen molar-refractivity contribution in [3.63, 3.8) is 0 Å². The van der Waals surface area contributed by atoms with Crippen LogP contribution in [0.3, 0.4) is 0 Å². The highest BCUT2D eigenvalue weighted by atomic mass is 35.5. The van der Waals surface area contributed by atoms with Crippen LogP contribution in [0.15, 0.2) is 84.1 Å². The molecule has 2 aromatic carbocycles. The molecule has 0 aliphatic carbocycles. The summed E-state index contributed by atoms with van der Waals surface area (Å²) in [5.41, 5.74) is 3.24. The summed E-state index contributed by atoms with van der Waals surface area (Å²) in [5, 5.41) is 7.97. The van der Waals surface area contributed by atoms with Crippen LogP contribution in [-0.2, 0) is 16.3 Å². The summed E-state index contributed by atoms with van der Waals surface area (Å²) < 4.78 is 25.7. The minimum atomic E-state index is -3.33. The van der Waals surface area contributed by atoms with E-state index < -0.39 is 9.84 Å². The lowest BCUT2D eigenvalue weighted by Gasteiger charge is -2.08. The van der Waals surface area contributed by atoms with Gasteiger partial charge in [-0.3, -0.25) is 4.79 Å². The fourth-order valence-electron chi connectivity index (χ4n) is 3.81. The van der Waals surface area contributed by atoms with Crippen LogP contribution >= 0.6 is 22.9 Å². The molecule has 0 aliphatic rings. The van der Waals surface area contributed by atoms with Gasteiger partial charge >= 0.3 is 0 Å². The zero-order valence-electron chi connectivity index (χ0n) is 19.7. The molecule has 8 nitrogen and oxygen atoms in total. The lowest BCUT2D eigenvalue weighted by atomic mass is 10.2. The molecule has 0 fully saturated rings. The van der Waals surface area contributed by atoms with Crippen molar-refractivity contribution in [3.8, 4) is 26.7 Å². The second kappa shape index (κ2) is 10.3. The van der Waals surface area contributed by atoms with Gasteiger partial charge in [0.2, 0.25) is 0 Å². The number of aromatic nitrogens is 4. The fourth-order valence-corrected chi connectivity index (χ4v) is 5.69. The van der Waals surface area contributed by atoms with E-state index in [-0.39, 0.29) is 16.5 Å². The quantitative estimate of drug-likeness (QED) is 0.281. The van der Waals surface area contributed by atoms with Crippen LogP contribution in [0.25, 0.3) is 26.7 Å². The van der Waals surface area contributed by atoms with E-state index in [1.165, 1.54) is 17.6 Å². The summed E-state index contributed by atoms with van der Waals surface area (Å²) in [7, 11) is -3.33. The number of thiophene rings is 1. The van der Waals surface area contributed by atoms with E-state index in [0.717, 1.165) is 21.0 Å². The molecule has 3 aromatic heterocycles. The largest absolute Gasteiger partial charge is 0.351 e. The molecule has 0 saturated carbocycles. The number of carbonyl (C=O) groups is 1. The van der Waals surface area contributed by atoms with Gasteiger partial charge in [0.05, 0.1) is 38.2 Å². The molecule has 1 amide bonds. The zero-order valence-corrected chi connectivity index (χ0v) is 22.1. The minimum Gasteiger partial charge on any atom is -0.351 e. The number of halogens is 1. The number of aromatic amines is 1. The number of para-hydroxylation sites is 1. The molecular weight excluding hydrogens is 530 g/mol. The molecule has 2 N–H and O–H groups in total. The maximum Gasteiger partial charge on any atom is 0.271 e. The lowest BCUT2D eigenvalue weighted by Crippen LogP contribution is -2.26. The molecule has 0 bridgehead atoms. The molecule has 0 unspecified atom stereocenters. The Hall–Kier alpha value is -3.73. The van der Waals surface area contributed by atoms with Crippen LogP contribution in [0.4, 0.5) is 0 Å². The summed E-state index contributed by atoms with van der Waals surface area (Å²) in [4.78, 5) is 22.0. The summed E-state index contributed by atoms with van der Waals surface area (Å²) in [6, 6.07) is 19.7. The smallest absolute Gasteiger partial charge is 0.271 e. The van der Waals surface area contributed by atoms with Gasteiger partial charge in [0.25, 0.3) is 5.91 Å². The number of hydrogen-bond donors (Lipinski definition) is 2. The molecule has 5 rings (SSSR count). The van der Waals surface area contributed by atoms with Crippen molar-refractivity contribution in [1.29, 1.82) is 0 Å². The van der Waals surface area contributed by atoms with Crippen LogP contribution in [0.5, 0.6) is 0 Å². The third-order valence-corrected chi connectivity index (χ3v) is 8.24. The van der Waals surface area contributed by atoms with E-state index in [9.17, 15) is 13.2 Å². The molecule has 0 radical (unpaired) electrons. The average Bonchev–Trinajstić information content (AvgIpc) is 3.64. The number of amides is 1. The van der Waals surface area contributed by atoms with Gasteiger partial charge < -0.3 is 10.3 Å². The van der Waals surface area contributed by atoms with Crippen molar-refractivity contribution in [3.05, 3.63) is 95.7 Å². The first-order chi connectivity index (χ1) is 17.8. The number of rotatable bonds is 8. The summed E-state index contributed by atoms with van der Waals surface area (Å²) in [6.07, 6.45) is 5.17. The Labute approximate surface area is 222 Å². The number of carbonyl (C=O) groups excluding carboxylic acids is 1. The first-order valence-corrected chi connectivity index (χ1v) is 14.4. The van der Waals surface area contributed by atoms with Crippen molar-refractivity contribution in [1.82, 2.24) is 25.1 Å². The number of H-pyrrole nitrogens is 1. The highest BCUT2D eigenvalue weighted by molar-refractivity contribution is 7.90. The first-order valence-electron chi connectivity index (χ1n) is 11.3. The first kappa shape index (κ1) is 24.9. The Balaban J connectivity index is 1.49.